The third-order valence-electron chi connectivity index (χ3n) is 7.23. The topological polar surface area (TPSA) is 129 Å². The maximum Gasteiger partial charge on any atom is 0.231 e. The van der Waals surface area contributed by atoms with Gasteiger partial charge in [-0.25, -0.2) is 0 Å². The second-order valence-electron chi connectivity index (χ2n) is 15.0. The van der Waals surface area contributed by atoms with Crippen LogP contribution in [0.4, 0.5) is 17.8 Å². The molecule has 8 heteroatoms. The van der Waals surface area contributed by atoms with Crippen LogP contribution in [0.1, 0.15) is 129 Å². The molecule has 2 aromatic carbocycles. The fourth-order valence-corrected chi connectivity index (χ4v) is 4.74. The van der Waals surface area contributed by atoms with Crippen LogP contribution in [0.15, 0.2) is 36.4 Å². The number of nitrogens with zero attached hydrogens (tertiary/aromatic N) is 3. The van der Waals surface area contributed by atoms with Crippen molar-refractivity contribution in [3.8, 4) is 0 Å². The van der Waals surface area contributed by atoms with Crippen molar-refractivity contribution in [3.63, 3.8) is 0 Å². The number of aromatic nitrogens is 3. The SMILES string of the molecule is CC(C)(C)c1ccc(C(O)Nc2nc(N)nc(NC(O)c3ccc(C(C)(C)C)cc3C(C)(C)C)n2)c(C(C)(C)C)c1. The van der Waals surface area contributed by atoms with E-state index in [1.807, 2.05) is 24.3 Å². The molecule has 6 N–H and O–H groups in total. The first-order chi connectivity index (χ1) is 18.6. The van der Waals surface area contributed by atoms with Gasteiger partial charge in [-0.15, -0.1) is 0 Å². The summed E-state index contributed by atoms with van der Waals surface area (Å²) >= 11 is 0. The summed E-state index contributed by atoms with van der Waals surface area (Å²) < 4.78 is 0. The van der Waals surface area contributed by atoms with Crippen molar-refractivity contribution in [2.75, 3.05) is 16.4 Å². The minimum atomic E-state index is -1.09. The Balaban J connectivity index is 1.92. The molecule has 3 aromatic rings. The standard InChI is InChI=1S/C33H50N6O2/c1-30(2,3)19-13-15-21(23(17-19)32(7,8)9)25(40)35-28-37-27(34)38-29(39-28)36-26(41)22-16-14-20(31(4,5)6)18-24(22)33(10,11)12/h13-18,25-26,40-41H,1-12H3,(H4,34,35,36,37,38,39). The van der Waals surface area contributed by atoms with Crippen LogP contribution in [0, 0.1) is 0 Å². The highest BCUT2D eigenvalue weighted by Gasteiger charge is 2.27. The van der Waals surface area contributed by atoms with Gasteiger partial charge >= 0.3 is 0 Å². The molecule has 41 heavy (non-hydrogen) atoms. The molecule has 0 bridgehead atoms. The molecule has 0 fully saturated rings. The van der Waals surface area contributed by atoms with Crippen molar-refractivity contribution in [3.05, 3.63) is 69.8 Å². The molecule has 2 unspecified atom stereocenters. The first-order valence-corrected chi connectivity index (χ1v) is 14.3. The van der Waals surface area contributed by atoms with Crippen LogP contribution >= 0.6 is 0 Å². The molecular weight excluding hydrogens is 512 g/mol. The van der Waals surface area contributed by atoms with Crippen molar-refractivity contribution < 1.29 is 10.2 Å². The van der Waals surface area contributed by atoms with Gasteiger partial charge in [0.15, 0.2) is 12.5 Å². The maximum absolute atomic E-state index is 11.2. The summed E-state index contributed by atoms with van der Waals surface area (Å²) in [6.07, 6.45) is -2.18. The molecule has 1 heterocycles. The second kappa shape index (κ2) is 11.2. The van der Waals surface area contributed by atoms with Gasteiger partial charge in [0, 0.05) is 11.1 Å². The van der Waals surface area contributed by atoms with Crippen LogP contribution in [0.3, 0.4) is 0 Å². The second-order valence-corrected chi connectivity index (χ2v) is 15.0. The normalized spacial score (nSPS) is 14.5. The number of nitrogens with one attached hydrogen (secondary N) is 2. The van der Waals surface area contributed by atoms with Crippen LogP contribution in [-0.4, -0.2) is 25.2 Å². The third kappa shape index (κ3) is 7.95. The van der Waals surface area contributed by atoms with Crippen LogP contribution in [0.2, 0.25) is 0 Å². The van der Waals surface area contributed by atoms with Crippen LogP contribution < -0.4 is 16.4 Å². The zero-order chi connectivity index (χ0) is 31.1. The van der Waals surface area contributed by atoms with E-state index in [0.717, 1.165) is 22.3 Å². The number of hydrogen-bond donors (Lipinski definition) is 5. The highest BCUT2D eigenvalue weighted by molar-refractivity contribution is 5.47. The van der Waals surface area contributed by atoms with Crippen LogP contribution in [0.5, 0.6) is 0 Å². The number of hydrogen-bond acceptors (Lipinski definition) is 8. The lowest BCUT2D eigenvalue weighted by molar-refractivity contribution is 0.203. The molecule has 0 radical (unpaired) electrons. The van der Waals surface area contributed by atoms with Crippen LogP contribution in [0.25, 0.3) is 0 Å². The monoisotopic (exact) mass is 562 g/mol. The maximum atomic E-state index is 11.2. The Morgan fingerprint density at radius 1 is 0.561 bits per heavy atom. The Labute approximate surface area is 246 Å². The highest BCUT2D eigenvalue weighted by atomic mass is 16.3. The lowest BCUT2D eigenvalue weighted by Crippen LogP contribution is -2.24. The van der Waals surface area contributed by atoms with E-state index in [-0.39, 0.29) is 39.5 Å². The van der Waals surface area contributed by atoms with Gasteiger partial charge in [0.25, 0.3) is 0 Å². The minimum Gasteiger partial charge on any atom is -0.369 e. The predicted molar refractivity (Wildman–Crippen MR) is 169 cm³/mol. The van der Waals surface area contributed by atoms with E-state index in [4.69, 9.17) is 5.73 Å². The minimum absolute atomic E-state index is 0.0269. The molecule has 0 aliphatic carbocycles. The summed E-state index contributed by atoms with van der Waals surface area (Å²) in [5.41, 5.74) is 11.4. The largest absolute Gasteiger partial charge is 0.369 e. The van der Waals surface area contributed by atoms with E-state index >= 15 is 0 Å². The quantitative estimate of drug-likeness (QED) is 0.206. The number of benzene rings is 2. The third-order valence-corrected chi connectivity index (χ3v) is 7.23. The first-order valence-electron chi connectivity index (χ1n) is 14.3. The van der Waals surface area contributed by atoms with Gasteiger partial charge in [0.2, 0.25) is 17.8 Å². The summed E-state index contributed by atoms with van der Waals surface area (Å²) in [7, 11) is 0. The Morgan fingerprint density at radius 2 is 0.902 bits per heavy atom. The molecule has 224 valence electrons. The summed E-state index contributed by atoms with van der Waals surface area (Å²) in [6.45, 7) is 25.7. The smallest absolute Gasteiger partial charge is 0.231 e. The van der Waals surface area contributed by atoms with Gasteiger partial charge in [0.1, 0.15) is 0 Å². The highest BCUT2D eigenvalue weighted by Crippen LogP contribution is 2.36. The van der Waals surface area contributed by atoms with E-state index in [0.29, 0.717) is 0 Å². The van der Waals surface area contributed by atoms with Gasteiger partial charge in [-0.05, 0) is 43.9 Å². The average molecular weight is 563 g/mol. The van der Waals surface area contributed by atoms with Crippen molar-refractivity contribution in [2.45, 2.75) is 117 Å². The zero-order valence-corrected chi connectivity index (χ0v) is 26.9. The summed E-state index contributed by atoms with van der Waals surface area (Å²) in [4.78, 5) is 12.8. The van der Waals surface area contributed by atoms with Crippen molar-refractivity contribution in [1.82, 2.24) is 15.0 Å². The Kier molecular flexibility index (Phi) is 8.83. The van der Waals surface area contributed by atoms with Crippen LogP contribution in [-0.2, 0) is 21.7 Å². The molecule has 1 aromatic heterocycles. The van der Waals surface area contributed by atoms with E-state index < -0.39 is 12.5 Å². The molecule has 0 aliphatic rings. The van der Waals surface area contributed by atoms with Crippen molar-refractivity contribution in [1.29, 1.82) is 0 Å². The fourth-order valence-electron chi connectivity index (χ4n) is 4.74. The summed E-state index contributed by atoms with van der Waals surface area (Å²) in [5, 5.41) is 28.4. The fraction of sp³-hybridized carbons (Fsp3) is 0.545. The molecule has 3 rings (SSSR count). The van der Waals surface area contributed by atoms with Gasteiger partial charge in [-0.2, -0.15) is 15.0 Å². The molecular formula is C33H50N6O2. The number of anilines is 3. The Morgan fingerprint density at radius 3 is 1.20 bits per heavy atom. The molecule has 2 atom stereocenters. The number of aliphatic hydroxyl groups is 2. The summed E-state index contributed by atoms with van der Waals surface area (Å²) in [6, 6.07) is 12.3. The number of nitrogen functional groups attached to an aromatic ring is 1. The van der Waals surface area contributed by atoms with E-state index in [1.165, 1.54) is 11.1 Å². The van der Waals surface area contributed by atoms with E-state index in [1.54, 1.807) is 0 Å². The van der Waals surface area contributed by atoms with Gasteiger partial charge in [-0.3, -0.25) is 0 Å². The average Bonchev–Trinajstić information content (AvgIpc) is 2.80. The molecule has 0 saturated carbocycles. The van der Waals surface area contributed by atoms with Crippen molar-refractivity contribution >= 4 is 17.8 Å². The van der Waals surface area contributed by atoms with Gasteiger partial charge in [0.05, 0.1) is 0 Å². The summed E-state index contributed by atoms with van der Waals surface area (Å²) in [5.74, 6) is 0.153. The van der Waals surface area contributed by atoms with Gasteiger partial charge < -0.3 is 26.6 Å². The molecule has 8 nitrogen and oxygen atoms in total. The predicted octanol–water partition coefficient (Wildman–Crippen LogP) is 6.85. The van der Waals surface area contributed by atoms with Gasteiger partial charge in [-0.1, -0.05) is 119 Å². The van der Waals surface area contributed by atoms with E-state index in [9.17, 15) is 10.2 Å². The molecule has 0 spiro atoms. The molecule has 0 aliphatic heterocycles. The van der Waals surface area contributed by atoms with E-state index in [2.05, 4.69) is 121 Å². The Hall–Kier alpha value is -3.23. The number of nitrogens with two attached hydrogens (primary N) is 1. The number of rotatable bonds is 6. The lowest BCUT2D eigenvalue weighted by atomic mass is 9.78. The Bertz CT molecular complexity index is 1270. The van der Waals surface area contributed by atoms with Crippen molar-refractivity contribution in [2.24, 2.45) is 0 Å². The zero-order valence-electron chi connectivity index (χ0n) is 26.9. The lowest BCUT2D eigenvalue weighted by Gasteiger charge is -2.29. The first kappa shape index (κ1) is 32.3. The molecule has 0 amide bonds. The number of aliphatic hydroxyl groups excluding tert-OH is 2. The molecule has 0 saturated heterocycles.